The molecule has 0 fully saturated rings. The number of carbonyl (C=O) groups excluding carboxylic acids is 1. The Balaban J connectivity index is 1.84. The summed E-state index contributed by atoms with van der Waals surface area (Å²) in [6.07, 6.45) is -3.35. The molecule has 0 aliphatic heterocycles. The molecule has 2 aromatic carbocycles. The lowest BCUT2D eigenvalue weighted by Crippen LogP contribution is -2.12. The molecular weight excluding hydrogens is 340 g/mol. The zero-order valence-corrected chi connectivity index (χ0v) is 12.5. The fourth-order valence-electron chi connectivity index (χ4n) is 2.18. The number of halogens is 4. The van der Waals surface area contributed by atoms with Crippen molar-refractivity contribution in [3.63, 3.8) is 0 Å². The molecule has 1 heterocycles. The Kier molecular flexibility index (Phi) is 4.26. The lowest BCUT2D eigenvalue weighted by atomic mass is 10.1. The summed E-state index contributed by atoms with van der Waals surface area (Å²) in [6.45, 7) is 0. The Bertz CT molecular complexity index is 902. The highest BCUT2D eigenvalue weighted by molar-refractivity contribution is 6.07. The van der Waals surface area contributed by atoms with Crippen LogP contribution in [0.2, 0.25) is 0 Å². The maximum absolute atomic E-state index is 13.9. The predicted octanol–water partition coefficient (Wildman–Crippen LogP) is 4.75. The summed E-state index contributed by atoms with van der Waals surface area (Å²) >= 11 is 0. The first-order valence-corrected chi connectivity index (χ1v) is 7.04. The van der Waals surface area contributed by atoms with Gasteiger partial charge in [0.2, 0.25) is 0 Å². The number of benzene rings is 2. The van der Waals surface area contributed by atoms with E-state index in [0.717, 1.165) is 30.5 Å². The van der Waals surface area contributed by atoms with Gasteiger partial charge in [-0.1, -0.05) is 17.3 Å². The van der Waals surface area contributed by atoms with Crippen molar-refractivity contribution in [1.29, 1.82) is 0 Å². The molecule has 0 atom stereocenters. The maximum atomic E-state index is 13.9. The molecule has 25 heavy (non-hydrogen) atoms. The minimum Gasteiger partial charge on any atom is -0.355 e. The minimum atomic E-state index is -4.46. The standard InChI is InChI=1S/C17H10F4N2O2/c18-14-4-2-1-3-12(14)15-13(9-22-25-15)16(24)23-11-7-5-10(6-8-11)17(19,20)21/h1-9H,(H,23,24). The van der Waals surface area contributed by atoms with E-state index in [-0.39, 0.29) is 22.6 Å². The summed E-state index contributed by atoms with van der Waals surface area (Å²) in [5, 5.41) is 5.92. The zero-order chi connectivity index (χ0) is 18.0. The van der Waals surface area contributed by atoms with Gasteiger partial charge in [-0.05, 0) is 36.4 Å². The van der Waals surface area contributed by atoms with Crippen LogP contribution in [-0.4, -0.2) is 11.1 Å². The van der Waals surface area contributed by atoms with E-state index in [0.29, 0.717) is 0 Å². The zero-order valence-electron chi connectivity index (χ0n) is 12.5. The third-order valence-corrected chi connectivity index (χ3v) is 3.40. The van der Waals surface area contributed by atoms with E-state index in [1.54, 1.807) is 6.07 Å². The van der Waals surface area contributed by atoms with Gasteiger partial charge in [0.15, 0.2) is 5.76 Å². The Labute approximate surface area is 139 Å². The van der Waals surface area contributed by atoms with Crippen LogP contribution in [0.5, 0.6) is 0 Å². The van der Waals surface area contributed by atoms with Crippen LogP contribution in [-0.2, 0) is 6.18 Å². The average molecular weight is 350 g/mol. The number of rotatable bonds is 3. The molecule has 0 saturated carbocycles. The van der Waals surface area contributed by atoms with Gasteiger partial charge in [0.25, 0.3) is 5.91 Å². The smallest absolute Gasteiger partial charge is 0.355 e. The van der Waals surface area contributed by atoms with Crippen LogP contribution < -0.4 is 5.32 Å². The molecule has 1 N–H and O–H groups in total. The van der Waals surface area contributed by atoms with Crippen LogP contribution in [0, 0.1) is 5.82 Å². The lowest BCUT2D eigenvalue weighted by molar-refractivity contribution is -0.137. The highest BCUT2D eigenvalue weighted by Crippen LogP contribution is 2.30. The number of hydrogen-bond donors (Lipinski definition) is 1. The van der Waals surface area contributed by atoms with E-state index in [9.17, 15) is 22.4 Å². The Hall–Kier alpha value is -3.16. The molecule has 8 heteroatoms. The van der Waals surface area contributed by atoms with Crippen LogP contribution >= 0.6 is 0 Å². The average Bonchev–Trinajstić information content (AvgIpc) is 3.04. The number of nitrogens with one attached hydrogen (secondary N) is 1. The van der Waals surface area contributed by atoms with Gasteiger partial charge in [-0.25, -0.2) is 4.39 Å². The molecule has 0 radical (unpaired) electrons. The number of alkyl halides is 3. The van der Waals surface area contributed by atoms with Gasteiger partial charge in [0, 0.05) is 5.69 Å². The number of nitrogens with zero attached hydrogens (tertiary/aromatic N) is 1. The molecule has 0 spiro atoms. The van der Waals surface area contributed by atoms with Crippen molar-refractivity contribution in [1.82, 2.24) is 5.16 Å². The first-order chi connectivity index (χ1) is 11.9. The summed E-state index contributed by atoms with van der Waals surface area (Å²) in [7, 11) is 0. The van der Waals surface area contributed by atoms with E-state index in [1.165, 1.54) is 18.2 Å². The second kappa shape index (κ2) is 6.39. The summed E-state index contributed by atoms with van der Waals surface area (Å²) in [5.41, 5.74) is -0.663. The lowest BCUT2D eigenvalue weighted by Gasteiger charge is -2.08. The van der Waals surface area contributed by atoms with Crippen molar-refractivity contribution in [2.75, 3.05) is 5.32 Å². The Morgan fingerprint density at radius 1 is 1.04 bits per heavy atom. The number of anilines is 1. The van der Waals surface area contributed by atoms with Crippen LogP contribution in [0.3, 0.4) is 0 Å². The van der Waals surface area contributed by atoms with E-state index in [2.05, 4.69) is 10.5 Å². The van der Waals surface area contributed by atoms with Crippen LogP contribution in [0.4, 0.5) is 23.2 Å². The van der Waals surface area contributed by atoms with Gasteiger partial charge in [-0.2, -0.15) is 13.2 Å². The molecule has 4 nitrogen and oxygen atoms in total. The molecule has 0 saturated heterocycles. The molecule has 3 rings (SSSR count). The predicted molar refractivity (Wildman–Crippen MR) is 81.3 cm³/mol. The fraction of sp³-hybridized carbons (Fsp3) is 0.0588. The van der Waals surface area contributed by atoms with Crippen LogP contribution in [0.1, 0.15) is 15.9 Å². The van der Waals surface area contributed by atoms with Crippen LogP contribution in [0.25, 0.3) is 11.3 Å². The number of aromatic nitrogens is 1. The van der Waals surface area contributed by atoms with Crippen LogP contribution in [0.15, 0.2) is 59.3 Å². The largest absolute Gasteiger partial charge is 0.416 e. The highest BCUT2D eigenvalue weighted by Gasteiger charge is 2.30. The van der Waals surface area contributed by atoms with Gasteiger partial charge in [-0.15, -0.1) is 0 Å². The quantitative estimate of drug-likeness (QED) is 0.694. The van der Waals surface area contributed by atoms with Gasteiger partial charge >= 0.3 is 6.18 Å². The number of hydrogen-bond acceptors (Lipinski definition) is 3. The Morgan fingerprint density at radius 3 is 2.36 bits per heavy atom. The summed E-state index contributed by atoms with van der Waals surface area (Å²) < 4.78 is 56.4. The molecule has 1 amide bonds. The molecule has 1 aromatic heterocycles. The number of amides is 1. The molecule has 0 unspecified atom stereocenters. The molecule has 0 aliphatic carbocycles. The Morgan fingerprint density at radius 2 is 1.72 bits per heavy atom. The summed E-state index contributed by atoms with van der Waals surface area (Å²) in [6, 6.07) is 9.62. The molecule has 128 valence electrons. The van der Waals surface area contributed by atoms with Crippen molar-refractivity contribution >= 4 is 11.6 Å². The highest BCUT2D eigenvalue weighted by atomic mass is 19.4. The van der Waals surface area contributed by atoms with Gasteiger partial charge in [0.05, 0.1) is 17.3 Å². The van der Waals surface area contributed by atoms with Crippen molar-refractivity contribution < 1.29 is 26.9 Å². The SMILES string of the molecule is O=C(Nc1ccc(C(F)(F)F)cc1)c1cnoc1-c1ccccc1F. The van der Waals surface area contributed by atoms with Gasteiger partial charge in [-0.3, -0.25) is 4.79 Å². The van der Waals surface area contributed by atoms with E-state index >= 15 is 0 Å². The van der Waals surface area contributed by atoms with Crippen molar-refractivity contribution in [3.8, 4) is 11.3 Å². The minimum absolute atomic E-state index is 0.0370. The van der Waals surface area contributed by atoms with Crippen molar-refractivity contribution in [2.24, 2.45) is 0 Å². The van der Waals surface area contributed by atoms with Gasteiger partial charge < -0.3 is 9.84 Å². The fourth-order valence-corrected chi connectivity index (χ4v) is 2.18. The molecule has 3 aromatic rings. The van der Waals surface area contributed by atoms with Gasteiger partial charge in [0.1, 0.15) is 11.4 Å². The summed E-state index contributed by atoms with van der Waals surface area (Å²) in [5.74, 6) is -1.34. The normalized spacial score (nSPS) is 11.4. The third-order valence-electron chi connectivity index (χ3n) is 3.40. The monoisotopic (exact) mass is 350 g/mol. The first kappa shape index (κ1) is 16.7. The van der Waals surface area contributed by atoms with E-state index < -0.39 is 23.5 Å². The van der Waals surface area contributed by atoms with Crippen molar-refractivity contribution in [3.05, 3.63) is 71.7 Å². The molecule has 0 aliphatic rings. The first-order valence-electron chi connectivity index (χ1n) is 7.04. The van der Waals surface area contributed by atoms with Crippen molar-refractivity contribution in [2.45, 2.75) is 6.18 Å². The number of carbonyl (C=O) groups is 1. The maximum Gasteiger partial charge on any atom is 0.416 e. The summed E-state index contributed by atoms with van der Waals surface area (Å²) in [4.78, 5) is 12.3. The molecular formula is C17H10F4N2O2. The molecule has 0 bridgehead atoms. The second-order valence-electron chi connectivity index (χ2n) is 5.08. The third kappa shape index (κ3) is 3.52. The second-order valence-corrected chi connectivity index (χ2v) is 5.08. The van der Waals surface area contributed by atoms with E-state index in [1.807, 2.05) is 0 Å². The topological polar surface area (TPSA) is 55.1 Å². The van der Waals surface area contributed by atoms with E-state index in [4.69, 9.17) is 4.52 Å².